The van der Waals surface area contributed by atoms with E-state index >= 15 is 0 Å². The normalized spacial score (nSPS) is 11.2. The number of hydrogen-bond acceptors (Lipinski definition) is 2. The zero-order valence-electron chi connectivity index (χ0n) is 13.2. The highest BCUT2D eigenvalue weighted by Crippen LogP contribution is 2.30. The minimum absolute atomic E-state index is 0.0955. The Kier molecular flexibility index (Phi) is 5.84. The minimum Gasteiger partial charge on any atom is -0.494 e. The van der Waals surface area contributed by atoms with Crippen molar-refractivity contribution in [2.45, 2.75) is 25.9 Å². The summed E-state index contributed by atoms with van der Waals surface area (Å²) >= 11 is 0. The Morgan fingerprint density at radius 2 is 1.83 bits per heavy atom. The van der Waals surface area contributed by atoms with Crippen LogP contribution in [-0.4, -0.2) is 12.5 Å². The summed E-state index contributed by atoms with van der Waals surface area (Å²) in [4.78, 5) is 12.1. The van der Waals surface area contributed by atoms with Gasteiger partial charge in [0.15, 0.2) is 0 Å². The van der Waals surface area contributed by atoms with Crippen LogP contribution in [0.4, 0.5) is 18.9 Å². The molecule has 0 atom stereocenters. The van der Waals surface area contributed by atoms with E-state index in [1.54, 1.807) is 24.3 Å². The predicted octanol–water partition coefficient (Wildman–Crippen LogP) is 5.14. The van der Waals surface area contributed by atoms with Crippen molar-refractivity contribution in [2.24, 2.45) is 0 Å². The first-order chi connectivity index (χ1) is 11.4. The monoisotopic (exact) mass is 337 g/mol. The lowest BCUT2D eigenvalue weighted by Crippen LogP contribution is -2.13. The first-order valence-corrected chi connectivity index (χ1v) is 7.61. The van der Waals surface area contributed by atoms with Crippen molar-refractivity contribution in [3.63, 3.8) is 0 Å². The van der Waals surface area contributed by atoms with Gasteiger partial charge < -0.3 is 10.1 Å². The van der Waals surface area contributed by atoms with Crippen molar-refractivity contribution >= 4 is 11.6 Å². The van der Waals surface area contributed by atoms with Crippen LogP contribution in [0.3, 0.4) is 0 Å². The van der Waals surface area contributed by atoms with E-state index in [-0.39, 0.29) is 5.69 Å². The maximum atomic E-state index is 12.7. The van der Waals surface area contributed by atoms with Crippen LogP contribution in [0.5, 0.6) is 5.75 Å². The molecule has 0 unspecified atom stereocenters. The Morgan fingerprint density at radius 3 is 2.46 bits per heavy atom. The summed E-state index contributed by atoms with van der Waals surface area (Å²) in [6.45, 7) is 2.66. The Balaban J connectivity index is 2.02. The standard InChI is InChI=1S/C18H18F3NO2/c1-2-3-11-24-16-9-7-13(8-10-16)17(23)22-15-6-4-5-14(12-15)18(19,20)21/h4-10,12H,2-3,11H2,1H3,(H,22,23). The second kappa shape index (κ2) is 7.86. The van der Waals surface area contributed by atoms with E-state index in [0.717, 1.165) is 25.0 Å². The summed E-state index contributed by atoms with van der Waals surface area (Å²) < 4.78 is 43.5. The van der Waals surface area contributed by atoms with Gasteiger partial charge in [-0.15, -0.1) is 0 Å². The van der Waals surface area contributed by atoms with Crippen LogP contribution in [0.25, 0.3) is 0 Å². The number of halogens is 3. The Hall–Kier alpha value is -2.50. The summed E-state index contributed by atoms with van der Waals surface area (Å²) in [5.74, 6) is 0.175. The van der Waals surface area contributed by atoms with Crippen LogP contribution < -0.4 is 10.1 Å². The molecule has 0 heterocycles. The van der Waals surface area contributed by atoms with E-state index in [0.29, 0.717) is 17.9 Å². The van der Waals surface area contributed by atoms with Crippen molar-refractivity contribution < 1.29 is 22.7 Å². The van der Waals surface area contributed by atoms with E-state index in [2.05, 4.69) is 12.2 Å². The molecule has 0 bridgehead atoms. The number of nitrogens with one attached hydrogen (secondary N) is 1. The SMILES string of the molecule is CCCCOc1ccc(C(=O)Nc2cccc(C(F)(F)F)c2)cc1. The highest BCUT2D eigenvalue weighted by atomic mass is 19.4. The number of alkyl halides is 3. The van der Waals surface area contributed by atoms with Crippen LogP contribution in [-0.2, 0) is 6.18 Å². The van der Waals surface area contributed by atoms with Gasteiger partial charge in [0.25, 0.3) is 5.91 Å². The summed E-state index contributed by atoms with van der Waals surface area (Å²) in [6.07, 6.45) is -2.48. The summed E-state index contributed by atoms with van der Waals surface area (Å²) in [7, 11) is 0. The second-order valence-electron chi connectivity index (χ2n) is 5.26. The van der Waals surface area contributed by atoms with E-state index in [1.807, 2.05) is 0 Å². The Bertz CT molecular complexity index is 681. The van der Waals surface area contributed by atoms with E-state index in [1.165, 1.54) is 12.1 Å². The third kappa shape index (κ3) is 5.01. The van der Waals surface area contributed by atoms with Crippen molar-refractivity contribution in [3.8, 4) is 5.75 Å². The molecule has 0 saturated carbocycles. The molecule has 1 amide bonds. The highest BCUT2D eigenvalue weighted by Gasteiger charge is 2.30. The maximum absolute atomic E-state index is 12.7. The van der Waals surface area contributed by atoms with Gasteiger partial charge in [-0.3, -0.25) is 4.79 Å². The maximum Gasteiger partial charge on any atom is 0.416 e. The number of carbonyl (C=O) groups excluding carboxylic acids is 1. The lowest BCUT2D eigenvalue weighted by Gasteiger charge is -2.10. The molecule has 0 aliphatic carbocycles. The van der Waals surface area contributed by atoms with Crippen molar-refractivity contribution in [1.29, 1.82) is 0 Å². The third-order valence-electron chi connectivity index (χ3n) is 3.33. The lowest BCUT2D eigenvalue weighted by atomic mass is 10.1. The van der Waals surface area contributed by atoms with Crippen LogP contribution >= 0.6 is 0 Å². The number of anilines is 1. The summed E-state index contributed by atoms with van der Waals surface area (Å²) in [6, 6.07) is 11.0. The summed E-state index contributed by atoms with van der Waals surface area (Å²) in [5, 5.41) is 2.46. The number of benzene rings is 2. The molecule has 24 heavy (non-hydrogen) atoms. The molecule has 2 aromatic carbocycles. The first-order valence-electron chi connectivity index (χ1n) is 7.61. The zero-order chi connectivity index (χ0) is 17.6. The van der Waals surface area contributed by atoms with Gasteiger partial charge in [-0.1, -0.05) is 19.4 Å². The molecule has 2 rings (SSSR count). The average molecular weight is 337 g/mol. The first kappa shape index (κ1) is 17.8. The van der Waals surface area contributed by atoms with Gasteiger partial charge in [-0.25, -0.2) is 0 Å². The van der Waals surface area contributed by atoms with Gasteiger partial charge in [-0.2, -0.15) is 13.2 Å². The quantitative estimate of drug-likeness (QED) is 0.742. The average Bonchev–Trinajstić information content (AvgIpc) is 2.55. The number of rotatable bonds is 6. The van der Waals surface area contributed by atoms with Crippen LogP contribution in [0.15, 0.2) is 48.5 Å². The molecule has 0 spiro atoms. The molecule has 128 valence electrons. The number of unbranched alkanes of at least 4 members (excludes halogenated alkanes) is 1. The predicted molar refractivity (Wildman–Crippen MR) is 86.2 cm³/mol. The fraction of sp³-hybridized carbons (Fsp3) is 0.278. The third-order valence-corrected chi connectivity index (χ3v) is 3.33. The minimum atomic E-state index is -4.45. The van der Waals surface area contributed by atoms with Crippen LogP contribution in [0, 0.1) is 0 Å². The van der Waals surface area contributed by atoms with E-state index < -0.39 is 17.6 Å². The van der Waals surface area contributed by atoms with Crippen molar-refractivity contribution in [1.82, 2.24) is 0 Å². The Labute approximate surface area is 138 Å². The van der Waals surface area contributed by atoms with Crippen molar-refractivity contribution in [3.05, 3.63) is 59.7 Å². The molecule has 0 fully saturated rings. The number of carbonyl (C=O) groups is 1. The smallest absolute Gasteiger partial charge is 0.416 e. The van der Waals surface area contributed by atoms with Gasteiger partial charge in [0, 0.05) is 11.3 Å². The van der Waals surface area contributed by atoms with E-state index in [9.17, 15) is 18.0 Å². The molecule has 3 nitrogen and oxygen atoms in total. The molecule has 0 aliphatic heterocycles. The number of hydrogen-bond donors (Lipinski definition) is 1. The topological polar surface area (TPSA) is 38.3 Å². The van der Waals surface area contributed by atoms with Crippen molar-refractivity contribution in [2.75, 3.05) is 11.9 Å². The van der Waals surface area contributed by atoms with Gasteiger partial charge >= 0.3 is 6.18 Å². The van der Waals surface area contributed by atoms with Gasteiger partial charge in [0.2, 0.25) is 0 Å². The molecule has 1 N–H and O–H groups in total. The van der Waals surface area contributed by atoms with Gasteiger partial charge in [-0.05, 0) is 48.9 Å². The lowest BCUT2D eigenvalue weighted by molar-refractivity contribution is -0.137. The molecule has 0 aliphatic rings. The van der Waals surface area contributed by atoms with E-state index in [4.69, 9.17) is 4.74 Å². The fourth-order valence-electron chi connectivity index (χ4n) is 2.01. The number of amides is 1. The molecular weight excluding hydrogens is 319 g/mol. The largest absolute Gasteiger partial charge is 0.494 e. The zero-order valence-corrected chi connectivity index (χ0v) is 13.2. The highest BCUT2D eigenvalue weighted by molar-refractivity contribution is 6.04. The second-order valence-corrected chi connectivity index (χ2v) is 5.26. The number of ether oxygens (including phenoxy) is 1. The molecule has 6 heteroatoms. The Morgan fingerprint density at radius 1 is 1.12 bits per heavy atom. The molecule has 0 aromatic heterocycles. The fourth-order valence-corrected chi connectivity index (χ4v) is 2.01. The molecule has 0 radical (unpaired) electrons. The van der Waals surface area contributed by atoms with Crippen LogP contribution in [0.2, 0.25) is 0 Å². The molecule has 0 saturated heterocycles. The van der Waals surface area contributed by atoms with Crippen LogP contribution in [0.1, 0.15) is 35.7 Å². The molecular formula is C18H18F3NO2. The summed E-state index contributed by atoms with van der Waals surface area (Å²) in [5.41, 5.74) is -0.367. The van der Waals surface area contributed by atoms with Gasteiger partial charge in [0.1, 0.15) is 5.75 Å². The molecule has 2 aromatic rings. The van der Waals surface area contributed by atoms with Gasteiger partial charge in [0.05, 0.1) is 12.2 Å².